The number of fused-ring (bicyclic) bond motifs is 1. The first-order valence-corrected chi connectivity index (χ1v) is 8.91. The first-order chi connectivity index (χ1) is 12.1. The number of hydrogen-bond donors (Lipinski definition) is 2. The Bertz CT molecular complexity index is 911. The molecule has 2 N–H and O–H groups in total. The molecule has 7 heteroatoms. The summed E-state index contributed by atoms with van der Waals surface area (Å²) in [7, 11) is 0. The van der Waals surface area contributed by atoms with E-state index in [1.54, 1.807) is 6.20 Å². The van der Waals surface area contributed by atoms with Crippen LogP contribution in [0.25, 0.3) is 10.1 Å². The van der Waals surface area contributed by atoms with Crippen molar-refractivity contribution in [3.8, 4) is 0 Å². The normalized spacial score (nSPS) is 11.9. The Hall–Kier alpha value is -2.44. The SMILES string of the molecule is C[C@H](NC(=O)CNC(=O)c1sc2ccccc2c1Cl)c1ccccn1. The van der Waals surface area contributed by atoms with Gasteiger partial charge in [-0.3, -0.25) is 14.6 Å². The second kappa shape index (κ2) is 7.63. The third-order valence-electron chi connectivity index (χ3n) is 3.66. The van der Waals surface area contributed by atoms with Crippen LogP contribution in [0, 0.1) is 0 Å². The molecule has 0 fully saturated rings. The highest BCUT2D eigenvalue weighted by Gasteiger charge is 2.18. The molecule has 0 spiro atoms. The number of nitrogens with one attached hydrogen (secondary N) is 2. The number of rotatable bonds is 5. The van der Waals surface area contributed by atoms with Crippen LogP contribution in [0.15, 0.2) is 48.7 Å². The predicted molar refractivity (Wildman–Crippen MR) is 100.0 cm³/mol. The number of aromatic nitrogens is 1. The van der Waals surface area contributed by atoms with Crippen LogP contribution in [0.5, 0.6) is 0 Å². The van der Waals surface area contributed by atoms with Crippen molar-refractivity contribution < 1.29 is 9.59 Å². The van der Waals surface area contributed by atoms with Gasteiger partial charge in [-0.25, -0.2) is 0 Å². The van der Waals surface area contributed by atoms with Gasteiger partial charge in [0.25, 0.3) is 5.91 Å². The van der Waals surface area contributed by atoms with Gasteiger partial charge in [0.2, 0.25) is 5.91 Å². The molecule has 1 aromatic carbocycles. The van der Waals surface area contributed by atoms with E-state index < -0.39 is 0 Å². The van der Waals surface area contributed by atoms with Crippen LogP contribution in [-0.2, 0) is 4.79 Å². The number of hydrogen-bond acceptors (Lipinski definition) is 4. The lowest BCUT2D eigenvalue weighted by molar-refractivity contribution is -0.120. The lowest BCUT2D eigenvalue weighted by Crippen LogP contribution is -2.38. The first-order valence-electron chi connectivity index (χ1n) is 7.72. The van der Waals surface area contributed by atoms with Crippen LogP contribution < -0.4 is 10.6 Å². The molecule has 0 aliphatic carbocycles. The topological polar surface area (TPSA) is 71.1 Å². The molecule has 2 aromatic heterocycles. The molecule has 5 nitrogen and oxygen atoms in total. The van der Waals surface area contributed by atoms with E-state index in [2.05, 4.69) is 15.6 Å². The number of benzene rings is 1. The molecule has 0 unspecified atom stereocenters. The molecule has 25 heavy (non-hydrogen) atoms. The molecule has 3 aromatic rings. The van der Waals surface area contributed by atoms with E-state index in [0.29, 0.717) is 9.90 Å². The summed E-state index contributed by atoms with van der Waals surface area (Å²) in [6, 6.07) is 12.8. The van der Waals surface area contributed by atoms with Crippen LogP contribution in [-0.4, -0.2) is 23.3 Å². The molecule has 0 radical (unpaired) electrons. The second-order valence-electron chi connectivity index (χ2n) is 5.47. The quantitative estimate of drug-likeness (QED) is 0.718. The molecule has 2 heterocycles. The fraction of sp³-hybridized carbons (Fsp3) is 0.167. The van der Waals surface area contributed by atoms with Crippen molar-refractivity contribution in [2.75, 3.05) is 6.54 Å². The van der Waals surface area contributed by atoms with Gasteiger partial charge in [0.1, 0.15) is 4.88 Å². The minimum Gasteiger partial charge on any atom is -0.346 e. The predicted octanol–water partition coefficient (Wildman–Crippen LogP) is 3.56. The summed E-state index contributed by atoms with van der Waals surface area (Å²) in [5, 5.41) is 6.67. The van der Waals surface area contributed by atoms with Crippen molar-refractivity contribution in [3.63, 3.8) is 0 Å². The molecular formula is C18H16ClN3O2S. The zero-order chi connectivity index (χ0) is 17.8. The standard InChI is InChI=1S/C18H16ClN3O2S/c1-11(13-7-4-5-9-20-13)22-15(23)10-21-18(24)17-16(19)12-6-2-3-8-14(12)25-17/h2-9,11H,10H2,1H3,(H,21,24)(H,22,23)/t11-/m0/s1. The lowest BCUT2D eigenvalue weighted by Gasteiger charge is -2.13. The molecule has 128 valence electrons. The second-order valence-corrected chi connectivity index (χ2v) is 6.90. The Morgan fingerprint density at radius 1 is 1.20 bits per heavy atom. The minimum absolute atomic E-state index is 0.124. The summed E-state index contributed by atoms with van der Waals surface area (Å²) >= 11 is 7.58. The molecule has 0 aliphatic heterocycles. The minimum atomic E-state index is -0.355. The Morgan fingerprint density at radius 2 is 1.96 bits per heavy atom. The van der Waals surface area contributed by atoms with Crippen molar-refractivity contribution in [1.82, 2.24) is 15.6 Å². The number of thiophene rings is 1. The average molecular weight is 374 g/mol. The summed E-state index contributed by atoms with van der Waals surface area (Å²) in [6.07, 6.45) is 1.67. The molecular weight excluding hydrogens is 358 g/mol. The maximum atomic E-state index is 12.3. The number of pyridine rings is 1. The van der Waals surface area contributed by atoms with Crippen molar-refractivity contribution in [2.45, 2.75) is 13.0 Å². The number of carbonyl (C=O) groups is 2. The summed E-state index contributed by atoms with van der Waals surface area (Å²) in [5.74, 6) is -0.643. The zero-order valence-corrected chi connectivity index (χ0v) is 15.0. The van der Waals surface area contributed by atoms with Crippen LogP contribution >= 0.6 is 22.9 Å². The first kappa shape index (κ1) is 17.4. The van der Waals surface area contributed by atoms with Gasteiger partial charge in [0.05, 0.1) is 23.3 Å². The molecule has 2 amide bonds. The Morgan fingerprint density at radius 3 is 2.68 bits per heavy atom. The van der Waals surface area contributed by atoms with E-state index in [-0.39, 0.29) is 24.4 Å². The van der Waals surface area contributed by atoms with Gasteiger partial charge in [-0.05, 0) is 25.1 Å². The zero-order valence-electron chi connectivity index (χ0n) is 13.5. The van der Waals surface area contributed by atoms with E-state index >= 15 is 0 Å². The van der Waals surface area contributed by atoms with Crippen molar-refractivity contribution in [1.29, 1.82) is 0 Å². The largest absolute Gasteiger partial charge is 0.346 e. The third-order valence-corrected chi connectivity index (χ3v) is 5.33. The average Bonchev–Trinajstić information content (AvgIpc) is 2.97. The molecule has 3 rings (SSSR count). The number of amides is 2. The third kappa shape index (κ3) is 3.97. The highest BCUT2D eigenvalue weighted by molar-refractivity contribution is 7.21. The van der Waals surface area contributed by atoms with Gasteiger partial charge in [0, 0.05) is 16.3 Å². The summed E-state index contributed by atoms with van der Waals surface area (Å²) in [5.41, 5.74) is 0.759. The van der Waals surface area contributed by atoms with Gasteiger partial charge in [-0.1, -0.05) is 35.9 Å². The van der Waals surface area contributed by atoms with Crippen molar-refractivity contribution in [3.05, 3.63) is 64.3 Å². The van der Waals surface area contributed by atoms with E-state index in [4.69, 9.17) is 11.6 Å². The summed E-state index contributed by atoms with van der Waals surface area (Å²) < 4.78 is 0.936. The van der Waals surface area contributed by atoms with Gasteiger partial charge >= 0.3 is 0 Å². The lowest BCUT2D eigenvalue weighted by atomic mass is 10.2. The highest BCUT2D eigenvalue weighted by atomic mass is 35.5. The number of halogens is 1. The maximum absolute atomic E-state index is 12.3. The summed E-state index contributed by atoms with van der Waals surface area (Å²) in [4.78, 5) is 29.0. The Labute approximate surface area is 154 Å². The van der Waals surface area contributed by atoms with Crippen LogP contribution in [0.4, 0.5) is 0 Å². The monoisotopic (exact) mass is 373 g/mol. The van der Waals surface area contributed by atoms with E-state index in [9.17, 15) is 9.59 Å². The van der Waals surface area contributed by atoms with E-state index in [0.717, 1.165) is 15.8 Å². The number of nitrogens with zero attached hydrogens (tertiary/aromatic N) is 1. The van der Waals surface area contributed by atoms with Crippen LogP contribution in [0.2, 0.25) is 5.02 Å². The van der Waals surface area contributed by atoms with Gasteiger partial charge < -0.3 is 10.6 Å². The molecule has 0 saturated heterocycles. The fourth-order valence-corrected chi connectivity index (χ4v) is 3.83. The summed E-state index contributed by atoms with van der Waals surface area (Å²) in [6.45, 7) is 1.71. The molecule has 0 bridgehead atoms. The molecule has 0 saturated carbocycles. The molecule has 1 atom stereocenters. The Balaban J connectivity index is 1.60. The smallest absolute Gasteiger partial charge is 0.263 e. The van der Waals surface area contributed by atoms with E-state index in [1.165, 1.54) is 11.3 Å². The fourth-order valence-electron chi connectivity index (χ4n) is 2.40. The molecule has 0 aliphatic rings. The van der Waals surface area contributed by atoms with Gasteiger partial charge in [0.15, 0.2) is 0 Å². The van der Waals surface area contributed by atoms with Crippen molar-refractivity contribution >= 4 is 44.8 Å². The van der Waals surface area contributed by atoms with Gasteiger partial charge in [-0.2, -0.15) is 0 Å². The van der Waals surface area contributed by atoms with Crippen LogP contribution in [0.1, 0.15) is 28.3 Å². The highest BCUT2D eigenvalue weighted by Crippen LogP contribution is 2.34. The Kier molecular flexibility index (Phi) is 5.31. The van der Waals surface area contributed by atoms with Crippen molar-refractivity contribution in [2.24, 2.45) is 0 Å². The maximum Gasteiger partial charge on any atom is 0.263 e. The van der Waals surface area contributed by atoms with E-state index in [1.807, 2.05) is 49.4 Å². The van der Waals surface area contributed by atoms with Gasteiger partial charge in [-0.15, -0.1) is 11.3 Å². The number of carbonyl (C=O) groups excluding carboxylic acids is 2. The van der Waals surface area contributed by atoms with Crippen LogP contribution in [0.3, 0.4) is 0 Å².